The van der Waals surface area contributed by atoms with Crippen molar-refractivity contribution in [3.05, 3.63) is 29.3 Å². The summed E-state index contributed by atoms with van der Waals surface area (Å²) in [6.45, 7) is 5.66. The quantitative estimate of drug-likeness (QED) is 0.742. The van der Waals surface area contributed by atoms with Gasteiger partial charge in [0.15, 0.2) is 0 Å². The van der Waals surface area contributed by atoms with E-state index in [1.165, 1.54) is 5.56 Å². The fourth-order valence-corrected chi connectivity index (χ4v) is 1.76. The van der Waals surface area contributed by atoms with Crippen LogP contribution in [0.4, 0.5) is 0 Å². The van der Waals surface area contributed by atoms with Crippen molar-refractivity contribution in [2.45, 2.75) is 32.7 Å². The van der Waals surface area contributed by atoms with Crippen LogP contribution < -0.4 is 10.5 Å². The van der Waals surface area contributed by atoms with E-state index in [1.807, 2.05) is 12.1 Å². The number of nitrogens with two attached hydrogens (primary N) is 1. The first kappa shape index (κ1) is 14.0. The van der Waals surface area contributed by atoms with Gasteiger partial charge in [0.05, 0.1) is 7.11 Å². The number of benzene rings is 1. The zero-order chi connectivity index (χ0) is 12.7. The highest BCUT2D eigenvalue weighted by molar-refractivity contribution is 5.38. The molecular weight excluding hydrogens is 214 g/mol. The number of ether oxygens (including phenoxy) is 2. The van der Waals surface area contributed by atoms with E-state index in [4.69, 9.17) is 15.2 Å². The molecular formula is C14H23NO2. The Kier molecular flexibility index (Phi) is 6.01. The summed E-state index contributed by atoms with van der Waals surface area (Å²) in [6.07, 6.45) is 1.86. The smallest absolute Gasteiger partial charge is 0.123 e. The average Bonchev–Trinajstić information content (AvgIpc) is 2.34. The van der Waals surface area contributed by atoms with Crippen LogP contribution in [0, 0.1) is 6.92 Å². The third-order valence-corrected chi connectivity index (χ3v) is 2.71. The highest BCUT2D eigenvalue weighted by Gasteiger charge is 2.11. The Labute approximate surface area is 104 Å². The van der Waals surface area contributed by atoms with Gasteiger partial charge in [-0.25, -0.2) is 0 Å². The average molecular weight is 237 g/mol. The van der Waals surface area contributed by atoms with E-state index in [2.05, 4.69) is 19.9 Å². The summed E-state index contributed by atoms with van der Waals surface area (Å²) >= 11 is 0. The Morgan fingerprint density at radius 1 is 1.29 bits per heavy atom. The minimum Gasteiger partial charge on any atom is -0.496 e. The molecule has 1 aromatic rings. The standard InChI is InChI=1S/C14H23NO2/c1-4-8-17-9-7-13(15)12-10-11(2)5-6-14(12)16-3/h5-6,10,13H,4,7-9,15H2,1-3H3. The molecule has 0 aliphatic carbocycles. The molecule has 0 bridgehead atoms. The van der Waals surface area contributed by atoms with Crippen molar-refractivity contribution in [2.75, 3.05) is 20.3 Å². The molecule has 1 unspecified atom stereocenters. The lowest BCUT2D eigenvalue weighted by molar-refractivity contribution is 0.127. The molecule has 3 heteroatoms. The highest BCUT2D eigenvalue weighted by Crippen LogP contribution is 2.26. The summed E-state index contributed by atoms with van der Waals surface area (Å²) in [5.74, 6) is 0.860. The van der Waals surface area contributed by atoms with Gasteiger partial charge in [-0.05, 0) is 25.8 Å². The minimum absolute atomic E-state index is 0.0262. The Morgan fingerprint density at radius 2 is 2.06 bits per heavy atom. The first-order valence-electron chi connectivity index (χ1n) is 6.17. The third kappa shape index (κ3) is 4.36. The molecule has 0 spiro atoms. The molecule has 1 rings (SSSR count). The van der Waals surface area contributed by atoms with Crippen molar-refractivity contribution in [2.24, 2.45) is 5.73 Å². The zero-order valence-electron chi connectivity index (χ0n) is 11.0. The molecule has 0 saturated heterocycles. The number of rotatable bonds is 7. The van der Waals surface area contributed by atoms with Crippen molar-refractivity contribution >= 4 is 0 Å². The number of hydrogen-bond donors (Lipinski definition) is 1. The summed E-state index contributed by atoms with van der Waals surface area (Å²) in [7, 11) is 1.68. The molecule has 3 nitrogen and oxygen atoms in total. The summed E-state index contributed by atoms with van der Waals surface area (Å²) in [6, 6.07) is 6.06. The Hall–Kier alpha value is -1.06. The van der Waals surface area contributed by atoms with E-state index in [-0.39, 0.29) is 6.04 Å². The van der Waals surface area contributed by atoms with E-state index in [0.717, 1.165) is 30.8 Å². The highest BCUT2D eigenvalue weighted by atomic mass is 16.5. The fraction of sp³-hybridized carbons (Fsp3) is 0.571. The van der Waals surface area contributed by atoms with Crippen molar-refractivity contribution < 1.29 is 9.47 Å². The SMILES string of the molecule is CCCOCCC(N)c1cc(C)ccc1OC. The first-order valence-corrected chi connectivity index (χ1v) is 6.17. The lowest BCUT2D eigenvalue weighted by Crippen LogP contribution is -2.14. The monoisotopic (exact) mass is 237 g/mol. The Bertz CT molecular complexity index is 339. The van der Waals surface area contributed by atoms with E-state index < -0.39 is 0 Å². The third-order valence-electron chi connectivity index (χ3n) is 2.71. The van der Waals surface area contributed by atoms with E-state index in [9.17, 15) is 0 Å². The molecule has 0 saturated carbocycles. The van der Waals surface area contributed by atoms with Gasteiger partial charge in [0.1, 0.15) is 5.75 Å². The lowest BCUT2D eigenvalue weighted by Gasteiger charge is -2.16. The molecule has 0 radical (unpaired) electrons. The van der Waals surface area contributed by atoms with Crippen LogP contribution in [0.1, 0.15) is 36.9 Å². The van der Waals surface area contributed by atoms with Gasteiger partial charge < -0.3 is 15.2 Å². The van der Waals surface area contributed by atoms with Crippen LogP contribution in [-0.4, -0.2) is 20.3 Å². The summed E-state index contributed by atoms with van der Waals surface area (Å²) in [5, 5.41) is 0. The molecule has 0 fully saturated rings. The summed E-state index contributed by atoms with van der Waals surface area (Å²) in [4.78, 5) is 0. The van der Waals surface area contributed by atoms with Gasteiger partial charge in [-0.2, -0.15) is 0 Å². The predicted molar refractivity (Wildman–Crippen MR) is 70.4 cm³/mol. The van der Waals surface area contributed by atoms with Crippen molar-refractivity contribution in [1.29, 1.82) is 0 Å². The van der Waals surface area contributed by atoms with E-state index in [1.54, 1.807) is 7.11 Å². The lowest BCUT2D eigenvalue weighted by atomic mass is 10.0. The molecule has 1 atom stereocenters. The largest absolute Gasteiger partial charge is 0.496 e. The van der Waals surface area contributed by atoms with Crippen LogP contribution in [0.2, 0.25) is 0 Å². The van der Waals surface area contributed by atoms with Crippen LogP contribution in [0.25, 0.3) is 0 Å². The predicted octanol–water partition coefficient (Wildman–Crippen LogP) is 2.82. The normalized spacial score (nSPS) is 12.5. The van der Waals surface area contributed by atoms with E-state index in [0.29, 0.717) is 6.61 Å². The second-order valence-electron chi connectivity index (χ2n) is 4.25. The zero-order valence-corrected chi connectivity index (χ0v) is 11.0. The van der Waals surface area contributed by atoms with Crippen molar-refractivity contribution in [1.82, 2.24) is 0 Å². The molecule has 2 N–H and O–H groups in total. The second-order valence-corrected chi connectivity index (χ2v) is 4.25. The van der Waals surface area contributed by atoms with Gasteiger partial charge in [0.2, 0.25) is 0 Å². The number of hydrogen-bond acceptors (Lipinski definition) is 3. The van der Waals surface area contributed by atoms with Crippen LogP contribution in [0.5, 0.6) is 5.75 Å². The van der Waals surface area contributed by atoms with Crippen LogP contribution in [-0.2, 0) is 4.74 Å². The molecule has 0 aromatic heterocycles. The van der Waals surface area contributed by atoms with Gasteiger partial charge in [-0.3, -0.25) is 0 Å². The molecule has 0 aliphatic heterocycles. The first-order chi connectivity index (χ1) is 8.19. The van der Waals surface area contributed by atoms with Gasteiger partial charge in [0, 0.05) is 24.8 Å². The number of aryl methyl sites for hydroxylation is 1. The summed E-state index contributed by atoms with van der Waals surface area (Å²) < 4.78 is 10.8. The fourth-order valence-electron chi connectivity index (χ4n) is 1.76. The Balaban J connectivity index is 2.60. The van der Waals surface area contributed by atoms with Crippen molar-refractivity contribution in [3.8, 4) is 5.75 Å². The van der Waals surface area contributed by atoms with Gasteiger partial charge in [-0.15, -0.1) is 0 Å². The molecule has 0 amide bonds. The van der Waals surface area contributed by atoms with Gasteiger partial charge >= 0.3 is 0 Å². The maximum absolute atomic E-state index is 6.16. The van der Waals surface area contributed by atoms with Gasteiger partial charge in [-0.1, -0.05) is 24.6 Å². The molecule has 96 valence electrons. The molecule has 17 heavy (non-hydrogen) atoms. The molecule has 0 heterocycles. The van der Waals surface area contributed by atoms with Crippen LogP contribution in [0.15, 0.2) is 18.2 Å². The van der Waals surface area contributed by atoms with Crippen molar-refractivity contribution in [3.63, 3.8) is 0 Å². The maximum atomic E-state index is 6.16. The van der Waals surface area contributed by atoms with E-state index >= 15 is 0 Å². The molecule has 0 aliphatic rings. The van der Waals surface area contributed by atoms with Crippen LogP contribution in [0.3, 0.4) is 0 Å². The Morgan fingerprint density at radius 3 is 2.71 bits per heavy atom. The van der Waals surface area contributed by atoms with Crippen LogP contribution >= 0.6 is 0 Å². The molecule has 1 aromatic carbocycles. The topological polar surface area (TPSA) is 44.5 Å². The second kappa shape index (κ2) is 7.30. The maximum Gasteiger partial charge on any atom is 0.123 e. The number of methoxy groups -OCH3 is 1. The summed E-state index contributed by atoms with van der Waals surface area (Å²) in [5.41, 5.74) is 8.42. The van der Waals surface area contributed by atoms with Gasteiger partial charge in [0.25, 0.3) is 0 Å². The minimum atomic E-state index is -0.0262.